The van der Waals surface area contributed by atoms with Crippen LogP contribution in [-0.4, -0.2) is 36.9 Å². The van der Waals surface area contributed by atoms with Gasteiger partial charge in [-0.3, -0.25) is 4.79 Å². The number of carboxylic acid groups (broad SMARTS) is 1. The number of alkyl halides is 3. The number of carboxylic acids is 1. The summed E-state index contributed by atoms with van der Waals surface area (Å²) in [6, 6.07) is 0.971. The number of carbonyl (C=O) groups is 1. The van der Waals surface area contributed by atoms with Gasteiger partial charge in [0.15, 0.2) is 0 Å². The summed E-state index contributed by atoms with van der Waals surface area (Å²) < 4.78 is 63.6. The van der Waals surface area contributed by atoms with Crippen molar-refractivity contribution in [2.75, 3.05) is 7.05 Å². The van der Waals surface area contributed by atoms with E-state index >= 15 is 0 Å². The summed E-state index contributed by atoms with van der Waals surface area (Å²) in [5.74, 6) is -1.50. The maximum absolute atomic E-state index is 12.9. The zero-order valence-corrected chi connectivity index (χ0v) is 12.4. The van der Waals surface area contributed by atoms with Gasteiger partial charge in [-0.25, -0.2) is 8.42 Å². The zero-order chi connectivity index (χ0) is 16.6. The summed E-state index contributed by atoms with van der Waals surface area (Å²) in [4.78, 5) is 9.67. The van der Waals surface area contributed by atoms with Crippen LogP contribution in [0.5, 0.6) is 0 Å². The first-order valence-corrected chi connectivity index (χ1v) is 7.29. The predicted molar refractivity (Wildman–Crippen MR) is 68.5 cm³/mol. The molecule has 10 heteroatoms. The first-order valence-electron chi connectivity index (χ1n) is 5.47. The van der Waals surface area contributed by atoms with Crippen LogP contribution in [0.3, 0.4) is 0 Å². The summed E-state index contributed by atoms with van der Waals surface area (Å²) in [7, 11) is -3.85. The molecule has 1 N–H and O–H groups in total. The van der Waals surface area contributed by atoms with Crippen molar-refractivity contribution < 1.29 is 31.5 Å². The third-order valence-corrected chi connectivity index (χ3v) is 5.27. The number of likely N-dealkylation sites (N-methyl/N-ethyl adjacent to an activating group) is 1. The molecule has 0 heterocycles. The van der Waals surface area contributed by atoms with Crippen LogP contribution in [0.25, 0.3) is 0 Å². The smallest absolute Gasteiger partial charge is 0.417 e. The Balaban J connectivity index is 3.56. The lowest BCUT2D eigenvalue weighted by Crippen LogP contribution is -2.40. The highest BCUT2D eigenvalue weighted by molar-refractivity contribution is 7.89. The maximum Gasteiger partial charge on any atom is 0.417 e. The van der Waals surface area contributed by atoms with Crippen molar-refractivity contribution in [3.8, 4) is 0 Å². The fraction of sp³-hybridized carbons (Fsp3) is 0.364. The molecule has 0 aliphatic heterocycles. The van der Waals surface area contributed by atoms with Crippen molar-refractivity contribution in [3.63, 3.8) is 0 Å². The van der Waals surface area contributed by atoms with Crippen LogP contribution >= 0.6 is 11.6 Å². The van der Waals surface area contributed by atoms with Gasteiger partial charge in [-0.15, -0.1) is 0 Å². The van der Waals surface area contributed by atoms with E-state index in [1.165, 1.54) is 0 Å². The normalized spacial score (nSPS) is 14.2. The number of rotatable bonds is 4. The van der Waals surface area contributed by atoms with Gasteiger partial charge in [-0.05, 0) is 19.1 Å². The fourth-order valence-corrected chi connectivity index (χ4v) is 3.54. The van der Waals surface area contributed by atoms with Crippen LogP contribution in [0.15, 0.2) is 23.1 Å². The number of nitrogens with zero attached hydrogens (tertiary/aromatic N) is 1. The van der Waals surface area contributed by atoms with Gasteiger partial charge in [0.1, 0.15) is 10.9 Å². The largest absolute Gasteiger partial charge is 0.480 e. The lowest BCUT2D eigenvalue weighted by molar-refractivity contribution is -0.140. The minimum Gasteiger partial charge on any atom is -0.480 e. The predicted octanol–water partition coefficient (Wildman–Crippen LogP) is 2.45. The second-order valence-corrected chi connectivity index (χ2v) is 6.49. The van der Waals surface area contributed by atoms with Crippen molar-refractivity contribution in [2.24, 2.45) is 0 Å². The molecule has 1 unspecified atom stereocenters. The monoisotopic (exact) mass is 345 g/mol. The molecule has 1 aromatic carbocycles. The lowest BCUT2D eigenvalue weighted by atomic mass is 10.2. The third kappa shape index (κ3) is 3.47. The highest BCUT2D eigenvalue weighted by atomic mass is 35.5. The van der Waals surface area contributed by atoms with E-state index in [1.54, 1.807) is 0 Å². The molecule has 0 saturated carbocycles. The molecule has 21 heavy (non-hydrogen) atoms. The molecular weight excluding hydrogens is 335 g/mol. The van der Waals surface area contributed by atoms with Crippen molar-refractivity contribution in [2.45, 2.75) is 24.0 Å². The molecule has 0 spiro atoms. The van der Waals surface area contributed by atoms with Crippen LogP contribution in [0.2, 0.25) is 5.02 Å². The molecule has 1 atom stereocenters. The summed E-state index contributed by atoms with van der Waals surface area (Å²) in [5, 5.41) is 8.17. The van der Waals surface area contributed by atoms with Crippen LogP contribution in [0.1, 0.15) is 12.5 Å². The van der Waals surface area contributed by atoms with Crippen molar-refractivity contribution in [1.29, 1.82) is 0 Å². The van der Waals surface area contributed by atoms with Crippen LogP contribution in [0.4, 0.5) is 13.2 Å². The summed E-state index contributed by atoms with van der Waals surface area (Å²) in [6.45, 7) is 1.03. The number of sulfonamides is 1. The summed E-state index contributed by atoms with van der Waals surface area (Å²) in [6.07, 6.45) is -4.94. The van der Waals surface area contributed by atoms with Gasteiger partial charge in [0.2, 0.25) is 10.0 Å². The van der Waals surface area contributed by atoms with Gasteiger partial charge in [-0.2, -0.15) is 17.5 Å². The average molecular weight is 346 g/mol. The topological polar surface area (TPSA) is 74.7 Å². The first kappa shape index (κ1) is 17.7. The van der Waals surface area contributed by atoms with E-state index in [2.05, 4.69) is 0 Å². The van der Waals surface area contributed by atoms with E-state index in [9.17, 15) is 26.4 Å². The van der Waals surface area contributed by atoms with Gasteiger partial charge in [0.05, 0.1) is 10.6 Å². The van der Waals surface area contributed by atoms with Gasteiger partial charge < -0.3 is 5.11 Å². The zero-order valence-electron chi connectivity index (χ0n) is 10.8. The Morgan fingerprint density at radius 1 is 1.38 bits per heavy atom. The average Bonchev–Trinajstić information content (AvgIpc) is 2.35. The maximum atomic E-state index is 12.9. The Hall–Kier alpha value is -1.32. The Kier molecular flexibility index (Phi) is 4.91. The van der Waals surface area contributed by atoms with Crippen molar-refractivity contribution in [3.05, 3.63) is 28.8 Å². The molecule has 0 fully saturated rings. The second kappa shape index (κ2) is 5.82. The number of hydrogen-bond acceptors (Lipinski definition) is 3. The molecule has 0 radical (unpaired) electrons. The van der Waals surface area contributed by atoms with E-state index < -0.39 is 43.7 Å². The standard InChI is InChI=1S/C11H11ClF3NO4S/c1-6(10(17)18)16(2)21(19,20)9-7(11(13,14)15)4-3-5-8(9)12/h3-6H,1-2H3,(H,17,18). The first-order chi connectivity index (χ1) is 9.40. The van der Waals surface area contributed by atoms with E-state index in [-0.39, 0.29) is 0 Å². The quantitative estimate of drug-likeness (QED) is 0.909. The fourth-order valence-electron chi connectivity index (χ4n) is 1.50. The van der Waals surface area contributed by atoms with E-state index in [4.69, 9.17) is 16.7 Å². The minimum absolute atomic E-state index is 0.325. The Bertz CT molecular complexity index is 660. The van der Waals surface area contributed by atoms with Crippen LogP contribution in [-0.2, 0) is 21.0 Å². The summed E-state index contributed by atoms with van der Waals surface area (Å²) >= 11 is 5.60. The third-order valence-electron chi connectivity index (χ3n) is 2.81. The molecule has 1 aromatic rings. The van der Waals surface area contributed by atoms with Crippen molar-refractivity contribution >= 4 is 27.6 Å². The van der Waals surface area contributed by atoms with Gasteiger partial charge >= 0.3 is 12.1 Å². The van der Waals surface area contributed by atoms with Gasteiger partial charge in [0.25, 0.3) is 0 Å². The molecule has 0 bridgehead atoms. The Morgan fingerprint density at radius 2 is 1.90 bits per heavy atom. The molecule has 0 amide bonds. The van der Waals surface area contributed by atoms with E-state index in [0.717, 1.165) is 26.1 Å². The molecule has 5 nitrogen and oxygen atoms in total. The molecule has 0 aromatic heterocycles. The lowest BCUT2D eigenvalue weighted by Gasteiger charge is -2.23. The van der Waals surface area contributed by atoms with Gasteiger partial charge in [0, 0.05) is 7.05 Å². The molecule has 1 rings (SSSR count). The van der Waals surface area contributed by atoms with E-state index in [0.29, 0.717) is 10.4 Å². The highest BCUT2D eigenvalue weighted by Crippen LogP contribution is 2.38. The number of hydrogen-bond donors (Lipinski definition) is 1. The highest BCUT2D eigenvalue weighted by Gasteiger charge is 2.41. The molecule has 0 aliphatic carbocycles. The van der Waals surface area contributed by atoms with Crippen molar-refractivity contribution in [1.82, 2.24) is 4.31 Å². The Morgan fingerprint density at radius 3 is 2.33 bits per heavy atom. The van der Waals surface area contributed by atoms with E-state index in [1.807, 2.05) is 0 Å². The van der Waals surface area contributed by atoms with Crippen LogP contribution in [0, 0.1) is 0 Å². The molecule has 0 saturated heterocycles. The molecule has 118 valence electrons. The molecular formula is C11H11ClF3NO4S. The second-order valence-electron chi connectivity index (χ2n) is 4.15. The SMILES string of the molecule is CC(C(=O)O)N(C)S(=O)(=O)c1c(Cl)cccc1C(F)(F)F. The molecule has 0 aliphatic rings. The summed E-state index contributed by atoms with van der Waals surface area (Å²) in [5.41, 5.74) is -1.44. The Labute approximate surface area is 124 Å². The number of aliphatic carboxylic acids is 1. The number of benzene rings is 1. The minimum atomic E-state index is -4.94. The number of halogens is 4. The van der Waals surface area contributed by atoms with Crippen LogP contribution < -0.4 is 0 Å². The van der Waals surface area contributed by atoms with Gasteiger partial charge in [-0.1, -0.05) is 17.7 Å².